The first-order valence-corrected chi connectivity index (χ1v) is 14.8. The molecule has 0 unspecified atom stereocenters. The van der Waals surface area contributed by atoms with Gasteiger partial charge in [-0.2, -0.15) is 5.10 Å². The Morgan fingerprint density at radius 1 is 0.976 bits per heavy atom. The van der Waals surface area contributed by atoms with Crippen LogP contribution >= 0.6 is 0 Å². The number of amides is 1. The molecule has 220 valence electrons. The third kappa shape index (κ3) is 5.51. The van der Waals surface area contributed by atoms with Crippen LogP contribution in [-0.4, -0.2) is 56.9 Å². The van der Waals surface area contributed by atoms with Gasteiger partial charge in [-0.15, -0.1) is 0 Å². The minimum Gasteiger partial charge on any atom is -0.457 e. The molecule has 4 aromatic rings. The lowest BCUT2D eigenvalue weighted by Gasteiger charge is -2.44. The third-order valence-corrected chi connectivity index (χ3v) is 8.63. The lowest BCUT2D eigenvalue weighted by molar-refractivity contribution is -0.112. The van der Waals surface area contributed by atoms with Gasteiger partial charge in [0, 0.05) is 44.6 Å². The van der Waals surface area contributed by atoms with E-state index in [0.29, 0.717) is 60.1 Å². The number of nitrogens with one attached hydrogen (secondary N) is 1. The van der Waals surface area contributed by atoms with E-state index in [0.717, 1.165) is 37.2 Å². The normalized spacial score (nSPS) is 21.3. The van der Waals surface area contributed by atoms with E-state index in [2.05, 4.69) is 36.1 Å². The first kappa shape index (κ1) is 28.0. The van der Waals surface area contributed by atoms with Gasteiger partial charge in [0.25, 0.3) is 0 Å². The Kier molecular flexibility index (Phi) is 7.49. The van der Waals surface area contributed by atoms with Gasteiger partial charge in [-0.05, 0) is 60.6 Å². The number of aromatic nitrogens is 4. The van der Waals surface area contributed by atoms with Crippen molar-refractivity contribution in [2.45, 2.75) is 52.2 Å². The van der Waals surface area contributed by atoms with Crippen molar-refractivity contribution < 1.29 is 14.3 Å². The predicted molar refractivity (Wildman–Crippen MR) is 162 cm³/mol. The summed E-state index contributed by atoms with van der Waals surface area (Å²) in [6, 6.07) is 17.4. The molecule has 10 nitrogen and oxygen atoms in total. The quantitative estimate of drug-likeness (QED) is 0.309. The Bertz CT molecular complexity index is 1530. The Morgan fingerprint density at radius 2 is 1.64 bits per heavy atom. The summed E-state index contributed by atoms with van der Waals surface area (Å²) in [4.78, 5) is 24.3. The minimum absolute atomic E-state index is 0.155. The number of para-hydroxylation sites is 1. The summed E-state index contributed by atoms with van der Waals surface area (Å²) < 4.78 is 14.3. The minimum atomic E-state index is -0.989. The van der Waals surface area contributed by atoms with E-state index in [1.807, 2.05) is 59.3 Å². The number of carbonyl (C=O) groups is 1. The summed E-state index contributed by atoms with van der Waals surface area (Å²) in [5.74, 6) is 2.30. The molecule has 2 fully saturated rings. The fourth-order valence-corrected chi connectivity index (χ4v) is 6.13. The van der Waals surface area contributed by atoms with Crippen molar-refractivity contribution in [2.24, 2.45) is 11.3 Å². The zero-order valence-electron chi connectivity index (χ0n) is 24.5. The van der Waals surface area contributed by atoms with Crippen LogP contribution in [0.1, 0.15) is 46.5 Å². The van der Waals surface area contributed by atoms with E-state index in [1.54, 1.807) is 4.90 Å². The predicted octanol–water partition coefficient (Wildman–Crippen LogP) is 5.80. The Morgan fingerprint density at radius 3 is 2.31 bits per heavy atom. The summed E-state index contributed by atoms with van der Waals surface area (Å²) >= 11 is 0. The number of benzene rings is 2. The van der Waals surface area contributed by atoms with Crippen LogP contribution in [0, 0.1) is 11.3 Å². The molecule has 0 spiro atoms. The van der Waals surface area contributed by atoms with Gasteiger partial charge in [-0.3, -0.25) is 0 Å². The average Bonchev–Trinajstić information content (AvgIpc) is 3.40. The zero-order chi connectivity index (χ0) is 29.3. The number of hydrogen-bond acceptors (Lipinski definition) is 8. The van der Waals surface area contributed by atoms with Gasteiger partial charge >= 0.3 is 6.09 Å². The van der Waals surface area contributed by atoms with Gasteiger partial charge in [0.2, 0.25) is 5.72 Å². The number of nitrogens with two attached hydrogens (primary N) is 1. The van der Waals surface area contributed by atoms with Crippen LogP contribution < -0.4 is 15.8 Å². The molecule has 0 atom stereocenters. The molecule has 1 saturated carbocycles. The SMILES string of the molecule is CC(C)(C)[C@H]1CC[C@@](OC(=O)N2CCNCC2)(n2nc(-c3ccc(Oc4ccccc4)cc3)c3c(N)ncnc32)CC1. The fourth-order valence-electron chi connectivity index (χ4n) is 6.13. The number of piperazine rings is 1. The average molecular weight is 570 g/mol. The number of hydrogen-bond donors (Lipinski definition) is 2. The molecule has 6 rings (SSSR count). The zero-order valence-corrected chi connectivity index (χ0v) is 24.5. The molecule has 0 bridgehead atoms. The topological polar surface area (TPSA) is 120 Å². The number of rotatable bonds is 5. The molecule has 0 radical (unpaired) electrons. The van der Waals surface area contributed by atoms with Gasteiger partial charge in [-0.1, -0.05) is 39.0 Å². The Balaban J connectivity index is 1.39. The molecule has 42 heavy (non-hydrogen) atoms. The Hall–Kier alpha value is -4.18. The van der Waals surface area contributed by atoms with Crippen LogP contribution in [-0.2, 0) is 10.5 Å². The number of ether oxygens (including phenoxy) is 2. The maximum atomic E-state index is 13.6. The van der Waals surface area contributed by atoms with Crippen LogP contribution in [0.3, 0.4) is 0 Å². The molecule has 1 amide bonds. The Labute approximate surface area is 246 Å². The van der Waals surface area contributed by atoms with Gasteiger partial charge in [-0.25, -0.2) is 19.4 Å². The maximum Gasteiger partial charge on any atom is 0.412 e. The summed E-state index contributed by atoms with van der Waals surface area (Å²) in [6.45, 7) is 9.54. The molecule has 1 aliphatic carbocycles. The van der Waals surface area contributed by atoms with Gasteiger partial charge < -0.3 is 25.4 Å². The first-order chi connectivity index (χ1) is 20.2. The van der Waals surface area contributed by atoms with Gasteiger partial charge in [0.05, 0.1) is 5.39 Å². The number of fused-ring (bicyclic) bond motifs is 1. The van der Waals surface area contributed by atoms with Crippen LogP contribution in [0.15, 0.2) is 60.9 Å². The van der Waals surface area contributed by atoms with Crippen molar-refractivity contribution >= 4 is 22.9 Å². The van der Waals surface area contributed by atoms with Crippen molar-refractivity contribution in [3.8, 4) is 22.8 Å². The van der Waals surface area contributed by atoms with Crippen molar-refractivity contribution in [2.75, 3.05) is 31.9 Å². The summed E-state index contributed by atoms with van der Waals surface area (Å²) in [5.41, 5.74) is 7.67. The van der Waals surface area contributed by atoms with E-state index in [4.69, 9.17) is 20.3 Å². The van der Waals surface area contributed by atoms with Crippen molar-refractivity contribution in [1.82, 2.24) is 30.0 Å². The second kappa shape index (κ2) is 11.2. The first-order valence-electron chi connectivity index (χ1n) is 14.8. The largest absolute Gasteiger partial charge is 0.457 e. The maximum absolute atomic E-state index is 13.6. The number of carbonyl (C=O) groups excluding carboxylic acids is 1. The monoisotopic (exact) mass is 569 g/mol. The van der Waals surface area contributed by atoms with Crippen molar-refractivity contribution in [1.29, 1.82) is 0 Å². The molecular weight excluding hydrogens is 530 g/mol. The smallest absolute Gasteiger partial charge is 0.412 e. The number of nitrogens with zero attached hydrogens (tertiary/aromatic N) is 5. The molecule has 2 aromatic heterocycles. The van der Waals surface area contributed by atoms with Gasteiger partial charge in [0.1, 0.15) is 29.3 Å². The molecule has 3 N–H and O–H groups in total. The third-order valence-electron chi connectivity index (χ3n) is 8.63. The highest BCUT2D eigenvalue weighted by Crippen LogP contribution is 2.47. The second-order valence-electron chi connectivity index (χ2n) is 12.3. The van der Waals surface area contributed by atoms with Crippen LogP contribution in [0.25, 0.3) is 22.3 Å². The highest BCUT2D eigenvalue weighted by Gasteiger charge is 2.46. The van der Waals surface area contributed by atoms with E-state index in [9.17, 15) is 4.79 Å². The highest BCUT2D eigenvalue weighted by molar-refractivity contribution is 5.98. The number of nitrogen functional groups attached to an aromatic ring is 1. The lowest BCUT2D eigenvalue weighted by Crippen LogP contribution is -2.51. The summed E-state index contributed by atoms with van der Waals surface area (Å²) in [6.07, 6.45) is 4.21. The lowest BCUT2D eigenvalue weighted by atomic mass is 9.70. The van der Waals surface area contributed by atoms with E-state index >= 15 is 0 Å². The van der Waals surface area contributed by atoms with Crippen LogP contribution in [0.5, 0.6) is 11.5 Å². The van der Waals surface area contributed by atoms with Crippen molar-refractivity contribution in [3.63, 3.8) is 0 Å². The molecule has 10 heteroatoms. The molecule has 2 aromatic carbocycles. The highest BCUT2D eigenvalue weighted by atomic mass is 16.6. The van der Waals surface area contributed by atoms with Crippen molar-refractivity contribution in [3.05, 3.63) is 60.9 Å². The summed E-state index contributed by atoms with van der Waals surface area (Å²) in [7, 11) is 0. The second-order valence-corrected chi connectivity index (χ2v) is 12.3. The summed E-state index contributed by atoms with van der Waals surface area (Å²) in [5, 5.41) is 9.04. The molecule has 1 saturated heterocycles. The standard InChI is InChI=1S/C32H39N7O3/c1-31(2,3)23-13-15-32(16-14-23,42-30(40)38-19-17-34-18-20-38)39-29-26(28(33)35-21-36-29)27(37-39)22-9-11-25(12-10-22)41-24-7-5-4-6-8-24/h4-12,21,23,34H,13-20H2,1-3H3,(H2,33,35,36)/t23-,32-. The van der Waals surface area contributed by atoms with Crippen LogP contribution in [0.2, 0.25) is 0 Å². The van der Waals surface area contributed by atoms with E-state index < -0.39 is 5.72 Å². The molecule has 3 heterocycles. The number of anilines is 1. The van der Waals surface area contributed by atoms with E-state index in [-0.39, 0.29) is 11.5 Å². The fraction of sp³-hybridized carbons (Fsp3) is 0.438. The molecule has 1 aliphatic heterocycles. The van der Waals surface area contributed by atoms with Crippen LogP contribution in [0.4, 0.5) is 10.6 Å². The van der Waals surface area contributed by atoms with Gasteiger partial charge in [0.15, 0.2) is 5.65 Å². The molecule has 2 aliphatic rings. The van der Waals surface area contributed by atoms with E-state index in [1.165, 1.54) is 6.33 Å². The molecular formula is C32H39N7O3.